The number of carbonyl (C=O) groups is 2. The summed E-state index contributed by atoms with van der Waals surface area (Å²) in [5, 5.41) is 2.01. The van der Waals surface area contributed by atoms with Crippen molar-refractivity contribution in [2.45, 2.75) is 32.7 Å². The second-order valence-corrected chi connectivity index (χ2v) is 9.30. The zero-order valence-corrected chi connectivity index (χ0v) is 19.7. The third-order valence-corrected chi connectivity index (χ3v) is 6.47. The van der Waals surface area contributed by atoms with Gasteiger partial charge in [0.25, 0.3) is 0 Å². The maximum Gasteiger partial charge on any atom is 0.242 e. The van der Waals surface area contributed by atoms with Crippen molar-refractivity contribution in [3.05, 3.63) is 52.0 Å². The van der Waals surface area contributed by atoms with E-state index in [0.717, 1.165) is 12.0 Å². The van der Waals surface area contributed by atoms with Gasteiger partial charge in [0.05, 0.1) is 19.2 Å². The second kappa shape index (κ2) is 11.4. The minimum Gasteiger partial charge on any atom is -0.488 e. The Labute approximate surface area is 192 Å². The summed E-state index contributed by atoms with van der Waals surface area (Å²) in [7, 11) is 1.58. The first-order valence-corrected chi connectivity index (χ1v) is 11.8. The molecule has 8 heteroatoms. The van der Waals surface area contributed by atoms with Crippen LogP contribution < -0.4 is 4.74 Å². The molecule has 0 bridgehead atoms. The Balaban J connectivity index is 1.76. The average Bonchev–Trinajstić information content (AvgIpc) is 3.24. The number of ether oxygens (including phenoxy) is 2. The number of hydrogen-bond donors (Lipinski definition) is 0. The van der Waals surface area contributed by atoms with Crippen LogP contribution in [0.2, 0.25) is 0 Å². The van der Waals surface area contributed by atoms with Crippen molar-refractivity contribution in [1.82, 2.24) is 9.80 Å². The molecule has 0 N–H and O–H groups in total. The topological polar surface area (TPSA) is 59.1 Å². The summed E-state index contributed by atoms with van der Waals surface area (Å²) in [6.45, 7) is 5.36. The Morgan fingerprint density at radius 2 is 2.06 bits per heavy atom. The van der Waals surface area contributed by atoms with Crippen molar-refractivity contribution >= 4 is 23.2 Å². The summed E-state index contributed by atoms with van der Waals surface area (Å²) in [6.07, 6.45) is 1.14. The average molecular weight is 463 g/mol. The van der Waals surface area contributed by atoms with E-state index in [9.17, 15) is 14.0 Å². The van der Waals surface area contributed by atoms with Crippen LogP contribution in [-0.2, 0) is 20.7 Å². The highest BCUT2D eigenvalue weighted by Crippen LogP contribution is 2.34. The van der Waals surface area contributed by atoms with Gasteiger partial charge in [-0.2, -0.15) is 0 Å². The molecular formula is C24H31FN2O4S. The molecular weight excluding hydrogens is 431 g/mol. The number of hydrogen-bond acceptors (Lipinski definition) is 5. The first kappa shape index (κ1) is 24.2. The molecule has 1 aliphatic heterocycles. The number of para-hydroxylation sites is 1. The molecule has 1 aliphatic rings. The van der Waals surface area contributed by atoms with Crippen molar-refractivity contribution in [3.8, 4) is 5.75 Å². The fraction of sp³-hybridized carbons (Fsp3) is 0.500. The number of halogens is 1. The first-order chi connectivity index (χ1) is 15.4. The van der Waals surface area contributed by atoms with Gasteiger partial charge in [-0.05, 0) is 41.5 Å². The molecule has 32 heavy (non-hydrogen) atoms. The highest BCUT2D eigenvalue weighted by atomic mass is 32.1. The highest BCUT2D eigenvalue weighted by molar-refractivity contribution is 7.10. The second-order valence-electron chi connectivity index (χ2n) is 8.30. The van der Waals surface area contributed by atoms with Crippen LogP contribution in [0.15, 0.2) is 35.7 Å². The lowest BCUT2D eigenvalue weighted by molar-refractivity contribution is -0.143. The number of thiophene rings is 1. The van der Waals surface area contributed by atoms with E-state index in [4.69, 9.17) is 9.47 Å². The number of nitrogens with zero attached hydrogens (tertiary/aromatic N) is 2. The molecule has 1 atom stereocenters. The summed E-state index contributed by atoms with van der Waals surface area (Å²) >= 11 is 1.66. The van der Waals surface area contributed by atoms with Gasteiger partial charge >= 0.3 is 0 Å². The molecule has 3 rings (SSSR count). The smallest absolute Gasteiger partial charge is 0.242 e. The van der Waals surface area contributed by atoms with E-state index in [1.807, 2.05) is 25.3 Å². The van der Waals surface area contributed by atoms with Gasteiger partial charge < -0.3 is 19.3 Å². The highest BCUT2D eigenvalue weighted by Gasteiger charge is 2.33. The molecule has 1 aromatic carbocycles. The molecule has 2 aromatic rings. The first-order valence-electron chi connectivity index (χ1n) is 10.9. The standard InChI is InChI=1S/C24H31FN2O4S/c1-17(2)14-23(28)26(11-12-30-3)15-24(29)27-10-8-22-18(9-13-32-22)20(27)16-31-21-7-5-4-6-19(21)25/h4-7,9,13,17,20H,8,10-12,14-16H2,1-3H3. The van der Waals surface area contributed by atoms with E-state index < -0.39 is 5.82 Å². The molecule has 0 spiro atoms. The monoisotopic (exact) mass is 462 g/mol. The van der Waals surface area contributed by atoms with E-state index in [-0.39, 0.29) is 42.7 Å². The van der Waals surface area contributed by atoms with E-state index in [1.54, 1.807) is 46.4 Å². The molecule has 0 saturated carbocycles. The Bertz CT molecular complexity index is 917. The molecule has 6 nitrogen and oxygen atoms in total. The molecule has 0 radical (unpaired) electrons. The van der Waals surface area contributed by atoms with Crippen LogP contribution in [0.4, 0.5) is 4.39 Å². The quantitative estimate of drug-likeness (QED) is 0.537. The van der Waals surface area contributed by atoms with Crippen LogP contribution in [0.5, 0.6) is 5.75 Å². The summed E-state index contributed by atoms with van der Waals surface area (Å²) in [5.41, 5.74) is 1.03. The third-order valence-electron chi connectivity index (χ3n) is 5.48. The predicted molar refractivity (Wildman–Crippen MR) is 122 cm³/mol. The van der Waals surface area contributed by atoms with Crippen molar-refractivity contribution in [1.29, 1.82) is 0 Å². The SMILES string of the molecule is COCCN(CC(=O)N1CCc2sccc2C1COc1ccccc1F)C(=O)CC(C)C. The van der Waals surface area contributed by atoms with Crippen LogP contribution in [0.25, 0.3) is 0 Å². The van der Waals surface area contributed by atoms with E-state index in [1.165, 1.54) is 10.9 Å². The lowest BCUT2D eigenvalue weighted by Crippen LogP contribution is -2.48. The van der Waals surface area contributed by atoms with Crippen molar-refractivity contribution < 1.29 is 23.5 Å². The zero-order chi connectivity index (χ0) is 23.1. The number of rotatable bonds is 10. The van der Waals surface area contributed by atoms with Gasteiger partial charge in [-0.25, -0.2) is 4.39 Å². The predicted octanol–water partition coefficient (Wildman–Crippen LogP) is 3.91. The summed E-state index contributed by atoms with van der Waals surface area (Å²) in [6, 6.07) is 7.92. The van der Waals surface area contributed by atoms with Gasteiger partial charge in [-0.3, -0.25) is 9.59 Å². The van der Waals surface area contributed by atoms with Crippen molar-refractivity contribution in [2.24, 2.45) is 5.92 Å². The Hall–Kier alpha value is -2.45. The molecule has 2 amide bonds. The zero-order valence-electron chi connectivity index (χ0n) is 18.9. The molecule has 1 unspecified atom stereocenters. The fourth-order valence-electron chi connectivity index (χ4n) is 3.83. The van der Waals surface area contributed by atoms with Gasteiger partial charge in [0.2, 0.25) is 11.8 Å². The van der Waals surface area contributed by atoms with Gasteiger partial charge in [0.15, 0.2) is 11.6 Å². The third kappa shape index (κ3) is 6.07. The van der Waals surface area contributed by atoms with E-state index in [0.29, 0.717) is 26.1 Å². The molecule has 0 fully saturated rings. The van der Waals surface area contributed by atoms with E-state index in [2.05, 4.69) is 0 Å². The largest absolute Gasteiger partial charge is 0.488 e. The molecule has 1 aromatic heterocycles. The lowest BCUT2D eigenvalue weighted by Gasteiger charge is -2.37. The maximum absolute atomic E-state index is 14.1. The van der Waals surface area contributed by atoms with Crippen LogP contribution in [0.3, 0.4) is 0 Å². The van der Waals surface area contributed by atoms with Crippen LogP contribution in [-0.4, -0.2) is 61.6 Å². The molecule has 174 valence electrons. The van der Waals surface area contributed by atoms with Crippen molar-refractivity contribution in [3.63, 3.8) is 0 Å². The fourth-order valence-corrected chi connectivity index (χ4v) is 4.76. The summed E-state index contributed by atoms with van der Waals surface area (Å²) in [4.78, 5) is 30.6. The molecule has 2 heterocycles. The summed E-state index contributed by atoms with van der Waals surface area (Å²) in [5.74, 6) is -0.268. The normalized spacial score (nSPS) is 15.5. The van der Waals surface area contributed by atoms with Crippen LogP contribution in [0.1, 0.15) is 36.8 Å². The number of fused-ring (bicyclic) bond motifs is 1. The van der Waals surface area contributed by atoms with Gasteiger partial charge in [-0.15, -0.1) is 11.3 Å². The van der Waals surface area contributed by atoms with Crippen molar-refractivity contribution in [2.75, 3.05) is 40.0 Å². The maximum atomic E-state index is 14.1. The minimum absolute atomic E-state index is 0.00934. The minimum atomic E-state index is -0.434. The molecule has 0 aliphatic carbocycles. The number of benzene rings is 1. The Kier molecular flexibility index (Phi) is 8.64. The van der Waals surface area contributed by atoms with E-state index >= 15 is 0 Å². The number of methoxy groups -OCH3 is 1. The van der Waals surface area contributed by atoms with Gasteiger partial charge in [0, 0.05) is 31.5 Å². The Morgan fingerprint density at radius 1 is 1.28 bits per heavy atom. The summed E-state index contributed by atoms with van der Waals surface area (Å²) < 4.78 is 25.0. The molecule has 0 saturated heterocycles. The number of amides is 2. The lowest BCUT2D eigenvalue weighted by atomic mass is 10.0. The van der Waals surface area contributed by atoms with Gasteiger partial charge in [0.1, 0.15) is 6.61 Å². The Morgan fingerprint density at radius 3 is 2.78 bits per heavy atom. The van der Waals surface area contributed by atoms with Crippen LogP contribution >= 0.6 is 11.3 Å². The van der Waals surface area contributed by atoms with Gasteiger partial charge in [-0.1, -0.05) is 26.0 Å². The van der Waals surface area contributed by atoms with Crippen LogP contribution in [0, 0.1) is 11.7 Å². The number of carbonyl (C=O) groups excluding carboxylic acids is 2.